The van der Waals surface area contributed by atoms with Crippen LogP contribution in [0, 0.1) is 11.3 Å². The molecule has 2 N–H and O–H groups in total. The molecule has 2 heteroatoms. The van der Waals surface area contributed by atoms with Crippen LogP contribution in [0.3, 0.4) is 0 Å². The molecule has 1 saturated heterocycles. The van der Waals surface area contributed by atoms with Gasteiger partial charge >= 0.3 is 0 Å². The van der Waals surface area contributed by atoms with Gasteiger partial charge in [0.05, 0.1) is 0 Å². The molecular formula is C15H30N2. The van der Waals surface area contributed by atoms with Crippen LogP contribution in [0.4, 0.5) is 0 Å². The Morgan fingerprint density at radius 2 is 1.88 bits per heavy atom. The number of hydrogen-bond donors (Lipinski definition) is 2. The van der Waals surface area contributed by atoms with Crippen LogP contribution in [0.15, 0.2) is 0 Å². The zero-order valence-electron chi connectivity index (χ0n) is 11.6. The molecule has 0 spiro atoms. The van der Waals surface area contributed by atoms with Gasteiger partial charge < -0.3 is 10.6 Å². The van der Waals surface area contributed by atoms with Crippen molar-refractivity contribution in [2.75, 3.05) is 26.2 Å². The highest BCUT2D eigenvalue weighted by Gasteiger charge is 2.27. The second-order valence-electron chi connectivity index (χ2n) is 6.53. The standard InChI is InChI=1S/C15H30N2/c1-15(8-2-3-9-15)13-17-10-4-5-14-6-11-16-12-7-14/h14,16-17H,2-13H2,1H3. The zero-order valence-corrected chi connectivity index (χ0v) is 11.6. The van der Waals surface area contributed by atoms with Crippen LogP contribution in [0.5, 0.6) is 0 Å². The lowest BCUT2D eigenvalue weighted by molar-refractivity contribution is 0.305. The summed E-state index contributed by atoms with van der Waals surface area (Å²) in [5, 5.41) is 7.13. The van der Waals surface area contributed by atoms with Crippen LogP contribution in [-0.4, -0.2) is 26.2 Å². The molecule has 0 unspecified atom stereocenters. The molecule has 2 aliphatic rings. The highest BCUT2D eigenvalue weighted by molar-refractivity contribution is 4.82. The van der Waals surface area contributed by atoms with Gasteiger partial charge in [-0.2, -0.15) is 0 Å². The predicted octanol–water partition coefficient (Wildman–Crippen LogP) is 2.94. The normalized spacial score (nSPS) is 25.2. The first kappa shape index (κ1) is 13.4. The molecule has 2 rings (SSSR count). The van der Waals surface area contributed by atoms with E-state index in [9.17, 15) is 0 Å². The van der Waals surface area contributed by atoms with Crippen molar-refractivity contribution in [1.82, 2.24) is 10.6 Å². The van der Waals surface area contributed by atoms with Crippen molar-refractivity contribution in [3.05, 3.63) is 0 Å². The second kappa shape index (κ2) is 6.75. The molecule has 1 aliphatic carbocycles. The molecule has 0 radical (unpaired) electrons. The van der Waals surface area contributed by atoms with Crippen molar-refractivity contribution >= 4 is 0 Å². The van der Waals surface area contributed by atoms with Crippen LogP contribution in [0.25, 0.3) is 0 Å². The molecule has 1 saturated carbocycles. The van der Waals surface area contributed by atoms with Crippen LogP contribution in [0.2, 0.25) is 0 Å². The Balaban J connectivity index is 1.48. The molecule has 0 amide bonds. The maximum atomic E-state index is 3.69. The fourth-order valence-electron chi connectivity index (χ4n) is 3.48. The van der Waals surface area contributed by atoms with Crippen LogP contribution < -0.4 is 10.6 Å². The summed E-state index contributed by atoms with van der Waals surface area (Å²) in [5.74, 6) is 1.00. The Labute approximate surface area is 107 Å². The lowest BCUT2D eigenvalue weighted by Gasteiger charge is -2.25. The van der Waals surface area contributed by atoms with E-state index in [0.29, 0.717) is 5.41 Å². The molecule has 1 aliphatic heterocycles. The molecule has 0 aromatic rings. The minimum Gasteiger partial charge on any atom is -0.317 e. The fourth-order valence-corrected chi connectivity index (χ4v) is 3.48. The van der Waals surface area contributed by atoms with E-state index in [4.69, 9.17) is 0 Å². The molecule has 2 nitrogen and oxygen atoms in total. The smallest absolute Gasteiger partial charge is 0.000516 e. The molecule has 2 fully saturated rings. The minimum atomic E-state index is 0.620. The summed E-state index contributed by atoms with van der Waals surface area (Å²) in [7, 11) is 0. The van der Waals surface area contributed by atoms with Gasteiger partial charge in [-0.15, -0.1) is 0 Å². The van der Waals surface area contributed by atoms with Gasteiger partial charge in [-0.05, 0) is 69.5 Å². The average Bonchev–Trinajstić information content (AvgIpc) is 2.77. The topological polar surface area (TPSA) is 24.1 Å². The van der Waals surface area contributed by atoms with Crippen molar-refractivity contribution in [2.24, 2.45) is 11.3 Å². The number of piperidine rings is 1. The second-order valence-corrected chi connectivity index (χ2v) is 6.53. The van der Waals surface area contributed by atoms with Gasteiger partial charge in [0.2, 0.25) is 0 Å². The van der Waals surface area contributed by atoms with Crippen molar-refractivity contribution in [1.29, 1.82) is 0 Å². The molecular weight excluding hydrogens is 208 g/mol. The number of hydrogen-bond acceptors (Lipinski definition) is 2. The Bertz CT molecular complexity index is 203. The first-order valence-corrected chi connectivity index (χ1v) is 7.70. The van der Waals surface area contributed by atoms with Gasteiger partial charge in [0.1, 0.15) is 0 Å². The highest BCUT2D eigenvalue weighted by atomic mass is 14.9. The van der Waals surface area contributed by atoms with E-state index in [2.05, 4.69) is 17.6 Å². The third-order valence-corrected chi connectivity index (χ3v) is 4.79. The van der Waals surface area contributed by atoms with Gasteiger partial charge in [0.25, 0.3) is 0 Å². The predicted molar refractivity (Wildman–Crippen MR) is 74.3 cm³/mol. The van der Waals surface area contributed by atoms with Gasteiger partial charge in [-0.3, -0.25) is 0 Å². The third-order valence-electron chi connectivity index (χ3n) is 4.79. The van der Waals surface area contributed by atoms with E-state index >= 15 is 0 Å². The summed E-state index contributed by atoms with van der Waals surface area (Å²) in [6.07, 6.45) is 11.4. The number of rotatable bonds is 6. The van der Waals surface area contributed by atoms with E-state index in [1.54, 1.807) is 0 Å². The van der Waals surface area contributed by atoms with Crippen molar-refractivity contribution in [2.45, 2.75) is 58.3 Å². The Morgan fingerprint density at radius 1 is 1.18 bits per heavy atom. The molecule has 0 aromatic heterocycles. The van der Waals surface area contributed by atoms with E-state index < -0.39 is 0 Å². The summed E-state index contributed by atoms with van der Waals surface area (Å²) in [4.78, 5) is 0. The van der Waals surface area contributed by atoms with Crippen molar-refractivity contribution in [3.63, 3.8) is 0 Å². The highest BCUT2D eigenvalue weighted by Crippen LogP contribution is 2.36. The largest absolute Gasteiger partial charge is 0.317 e. The molecule has 1 heterocycles. The zero-order chi connectivity index (χ0) is 12.0. The van der Waals surface area contributed by atoms with Crippen molar-refractivity contribution < 1.29 is 0 Å². The maximum absolute atomic E-state index is 3.69. The molecule has 0 aromatic carbocycles. The quantitative estimate of drug-likeness (QED) is 0.695. The minimum absolute atomic E-state index is 0.620. The summed E-state index contributed by atoms with van der Waals surface area (Å²) in [6.45, 7) is 7.44. The Morgan fingerprint density at radius 3 is 2.59 bits per heavy atom. The first-order chi connectivity index (χ1) is 8.29. The van der Waals surface area contributed by atoms with Gasteiger partial charge in [0.15, 0.2) is 0 Å². The Hall–Kier alpha value is -0.0800. The third kappa shape index (κ3) is 4.59. The fraction of sp³-hybridized carbons (Fsp3) is 1.00. The van der Waals surface area contributed by atoms with Crippen LogP contribution in [0.1, 0.15) is 58.3 Å². The van der Waals surface area contributed by atoms with Crippen LogP contribution in [-0.2, 0) is 0 Å². The Kier molecular flexibility index (Phi) is 5.30. The summed E-state index contributed by atoms with van der Waals surface area (Å²) < 4.78 is 0. The summed E-state index contributed by atoms with van der Waals surface area (Å²) in [6, 6.07) is 0. The summed E-state index contributed by atoms with van der Waals surface area (Å²) >= 11 is 0. The average molecular weight is 238 g/mol. The maximum Gasteiger partial charge on any atom is 0.000516 e. The van der Waals surface area contributed by atoms with E-state index in [1.807, 2.05) is 0 Å². The van der Waals surface area contributed by atoms with E-state index in [0.717, 1.165) is 5.92 Å². The SMILES string of the molecule is CC1(CNCCCC2CCNCC2)CCCC1. The van der Waals surface area contributed by atoms with Gasteiger partial charge in [0, 0.05) is 6.54 Å². The number of nitrogens with one attached hydrogen (secondary N) is 2. The van der Waals surface area contributed by atoms with Gasteiger partial charge in [-0.25, -0.2) is 0 Å². The molecule has 0 bridgehead atoms. The monoisotopic (exact) mass is 238 g/mol. The van der Waals surface area contributed by atoms with Crippen molar-refractivity contribution in [3.8, 4) is 0 Å². The van der Waals surface area contributed by atoms with Gasteiger partial charge in [-0.1, -0.05) is 19.8 Å². The molecule has 0 atom stereocenters. The molecule has 17 heavy (non-hydrogen) atoms. The first-order valence-electron chi connectivity index (χ1n) is 7.70. The summed E-state index contributed by atoms with van der Waals surface area (Å²) in [5.41, 5.74) is 0.620. The van der Waals surface area contributed by atoms with E-state index in [-0.39, 0.29) is 0 Å². The lowest BCUT2D eigenvalue weighted by Crippen LogP contribution is -2.31. The molecule has 100 valence electrons. The van der Waals surface area contributed by atoms with E-state index in [1.165, 1.54) is 77.5 Å². The van der Waals surface area contributed by atoms with Crippen LogP contribution >= 0.6 is 0 Å². The lowest BCUT2D eigenvalue weighted by atomic mass is 9.89.